The molecule has 6 rings (SSSR count). The lowest BCUT2D eigenvalue weighted by atomic mass is 9.85. The van der Waals surface area contributed by atoms with E-state index in [1.807, 2.05) is 45.9 Å². The molecule has 0 radical (unpaired) electrons. The number of hydrogen-bond acceptors (Lipinski definition) is 7. The monoisotopic (exact) mass is 776 g/mol. The summed E-state index contributed by atoms with van der Waals surface area (Å²) < 4.78 is 20.6. The lowest BCUT2D eigenvalue weighted by Crippen LogP contribution is -2.60. The zero-order valence-electron chi connectivity index (χ0n) is 32.4. The third-order valence-corrected chi connectivity index (χ3v) is 14.3. The molecule has 2 aromatic rings. The second kappa shape index (κ2) is 15.5. The fraction of sp³-hybridized carbons (Fsp3) is 0.571. The van der Waals surface area contributed by atoms with E-state index in [0.717, 1.165) is 55.2 Å². The third-order valence-electron chi connectivity index (χ3n) is 11.3. The van der Waals surface area contributed by atoms with E-state index in [-0.39, 0.29) is 29.4 Å². The maximum Gasteiger partial charge on any atom is 0.408 e. The number of carbonyl (C=O) groups excluding carboxylic acids is 4. The topological polar surface area (TPSA) is 134 Å². The van der Waals surface area contributed by atoms with Crippen LogP contribution in [0, 0.1) is 11.3 Å². The molecular weight excluding hydrogens is 721 g/mol. The SMILES string of the molecule is C=C[C@@H]1C[C@]1(NC(=O)[C@@H]1C[C@@](SC(C)C)(c2ccc(-c3ccccc3)cc2)CN1C(=O)[C@@H](NC(=O)OC1(C)CCCC1)C(C)(C)C)C(=O)NS(=O)C1CC1. The first-order chi connectivity index (χ1) is 25.5. The largest absolute Gasteiger partial charge is 0.443 e. The quantitative estimate of drug-likeness (QED) is 0.191. The molecule has 3 N–H and O–H groups in total. The molecule has 4 aliphatic rings. The Labute approximate surface area is 327 Å². The molecule has 10 nitrogen and oxygen atoms in total. The number of ether oxygens (including phenoxy) is 1. The molecule has 6 atom stereocenters. The number of carbonyl (C=O) groups is 4. The van der Waals surface area contributed by atoms with Gasteiger partial charge in [-0.15, -0.1) is 18.3 Å². The summed E-state index contributed by atoms with van der Waals surface area (Å²) in [5.41, 5.74) is 0.473. The third kappa shape index (κ3) is 8.59. The summed E-state index contributed by atoms with van der Waals surface area (Å²) in [5.74, 6) is -1.72. The number of benzene rings is 2. The zero-order chi connectivity index (χ0) is 39.1. The van der Waals surface area contributed by atoms with Crippen LogP contribution in [0.25, 0.3) is 11.1 Å². The van der Waals surface area contributed by atoms with E-state index in [1.54, 1.807) is 22.7 Å². The molecule has 3 aliphatic carbocycles. The minimum Gasteiger partial charge on any atom is -0.443 e. The molecule has 2 aromatic carbocycles. The number of alkyl carbamates (subject to hydrolysis) is 1. The van der Waals surface area contributed by atoms with Gasteiger partial charge in [-0.2, -0.15) is 0 Å². The molecule has 292 valence electrons. The fourth-order valence-corrected chi connectivity index (χ4v) is 10.8. The maximum atomic E-state index is 15.0. The van der Waals surface area contributed by atoms with E-state index >= 15 is 0 Å². The summed E-state index contributed by atoms with van der Waals surface area (Å²) in [7, 11) is -1.54. The number of nitrogens with zero attached hydrogens (tertiary/aromatic N) is 1. The molecule has 54 heavy (non-hydrogen) atoms. The second-order valence-electron chi connectivity index (χ2n) is 17.2. The van der Waals surface area contributed by atoms with Gasteiger partial charge < -0.3 is 20.3 Å². The van der Waals surface area contributed by atoms with Gasteiger partial charge in [0.1, 0.15) is 34.2 Å². The van der Waals surface area contributed by atoms with E-state index in [4.69, 9.17) is 4.74 Å². The highest BCUT2D eigenvalue weighted by Crippen LogP contribution is 2.51. The van der Waals surface area contributed by atoms with E-state index < -0.39 is 68.2 Å². The highest BCUT2D eigenvalue weighted by atomic mass is 32.2. The van der Waals surface area contributed by atoms with E-state index in [1.165, 1.54) is 0 Å². The summed E-state index contributed by atoms with van der Waals surface area (Å²) in [6.07, 6.45) is 6.62. The molecule has 1 saturated heterocycles. The van der Waals surface area contributed by atoms with E-state index in [9.17, 15) is 23.4 Å². The number of thioether (sulfide) groups is 1. The normalized spacial score (nSPS) is 27.1. The predicted molar refractivity (Wildman–Crippen MR) is 215 cm³/mol. The first-order valence-corrected chi connectivity index (χ1v) is 21.4. The molecular formula is C42H56N4O6S2. The van der Waals surface area contributed by atoms with Gasteiger partial charge in [-0.25, -0.2) is 9.00 Å². The Hall–Kier alpha value is -3.64. The first kappa shape index (κ1) is 40.0. The average molecular weight is 777 g/mol. The van der Waals surface area contributed by atoms with Gasteiger partial charge in [-0.3, -0.25) is 19.1 Å². The van der Waals surface area contributed by atoms with Crippen molar-refractivity contribution in [3.63, 3.8) is 0 Å². The Morgan fingerprint density at radius 1 is 0.981 bits per heavy atom. The summed E-state index contributed by atoms with van der Waals surface area (Å²) in [6.45, 7) is 15.9. The van der Waals surface area contributed by atoms with Gasteiger partial charge in [0.05, 0.1) is 10.00 Å². The standard InChI is InChI=1S/C42H56N4O6S2/c1-8-30-24-42(30,37(49)45-54(51)32-20-21-32)44-35(47)33-25-41(53-27(2)3,31-18-16-29(17-19-31)28-14-10-9-11-15-28)26-46(33)36(48)34(39(4,5)6)43-38(50)52-40(7)22-12-13-23-40/h8-11,14-19,27,30,32-34H,1,12-13,20-26H2,2-7H3,(H,43,50)(H,44,47)(H,45,49)/t30-,33+,34-,41+,42-,54?/m1/s1. The van der Waals surface area contributed by atoms with Gasteiger partial charge in [-0.05, 0) is 85.6 Å². The van der Waals surface area contributed by atoms with Crippen LogP contribution in [0.2, 0.25) is 0 Å². The van der Waals surface area contributed by atoms with Crippen LogP contribution in [0.5, 0.6) is 0 Å². The van der Waals surface area contributed by atoms with Crippen LogP contribution in [0.3, 0.4) is 0 Å². The molecule has 3 saturated carbocycles. The van der Waals surface area contributed by atoms with Crippen molar-refractivity contribution in [1.82, 2.24) is 20.3 Å². The predicted octanol–water partition coefficient (Wildman–Crippen LogP) is 6.77. The fourth-order valence-electron chi connectivity index (χ4n) is 8.04. The van der Waals surface area contributed by atoms with Crippen molar-refractivity contribution in [2.45, 2.75) is 131 Å². The molecule has 1 heterocycles. The van der Waals surface area contributed by atoms with Gasteiger partial charge in [0.25, 0.3) is 5.91 Å². The molecule has 1 aliphatic heterocycles. The van der Waals surface area contributed by atoms with Crippen LogP contribution in [-0.4, -0.2) is 73.2 Å². The number of likely N-dealkylation sites (tertiary alicyclic amines) is 1. The minimum absolute atomic E-state index is 0.0719. The number of nitrogens with one attached hydrogen (secondary N) is 3. The lowest BCUT2D eigenvalue weighted by molar-refractivity contribution is -0.143. The van der Waals surface area contributed by atoms with Crippen LogP contribution in [0.15, 0.2) is 67.3 Å². The maximum absolute atomic E-state index is 15.0. The smallest absolute Gasteiger partial charge is 0.408 e. The second-order valence-corrected chi connectivity index (χ2v) is 20.6. The van der Waals surface area contributed by atoms with Crippen LogP contribution in [0.1, 0.15) is 98.5 Å². The molecule has 12 heteroatoms. The van der Waals surface area contributed by atoms with Crippen LogP contribution in [0.4, 0.5) is 4.79 Å². The Bertz CT molecular complexity index is 1770. The summed E-state index contributed by atoms with van der Waals surface area (Å²) in [5, 5.41) is 6.01. The Morgan fingerprint density at radius 2 is 1.61 bits per heavy atom. The molecule has 4 fully saturated rings. The Balaban J connectivity index is 1.34. The van der Waals surface area contributed by atoms with Gasteiger partial charge in [-0.1, -0.05) is 95.3 Å². The van der Waals surface area contributed by atoms with Crippen molar-refractivity contribution in [1.29, 1.82) is 0 Å². The summed E-state index contributed by atoms with van der Waals surface area (Å²) in [6, 6.07) is 16.4. The highest BCUT2D eigenvalue weighted by molar-refractivity contribution is 8.00. The van der Waals surface area contributed by atoms with Gasteiger partial charge >= 0.3 is 6.09 Å². The van der Waals surface area contributed by atoms with Crippen molar-refractivity contribution < 1.29 is 28.1 Å². The Morgan fingerprint density at radius 3 is 2.17 bits per heavy atom. The molecule has 0 aromatic heterocycles. The summed E-state index contributed by atoms with van der Waals surface area (Å²) in [4.78, 5) is 58.4. The summed E-state index contributed by atoms with van der Waals surface area (Å²) >= 11 is 1.70. The van der Waals surface area contributed by atoms with Crippen molar-refractivity contribution in [2.24, 2.45) is 11.3 Å². The molecule has 4 amide bonds. The van der Waals surface area contributed by atoms with Crippen molar-refractivity contribution in [2.75, 3.05) is 6.54 Å². The first-order valence-electron chi connectivity index (χ1n) is 19.3. The zero-order valence-corrected chi connectivity index (χ0v) is 34.1. The number of hydrogen-bond donors (Lipinski definition) is 3. The molecule has 0 spiro atoms. The van der Waals surface area contributed by atoms with Crippen LogP contribution < -0.4 is 15.4 Å². The molecule has 0 bridgehead atoms. The number of amides is 4. The van der Waals surface area contributed by atoms with E-state index in [0.29, 0.717) is 6.42 Å². The molecule has 1 unspecified atom stereocenters. The van der Waals surface area contributed by atoms with Crippen molar-refractivity contribution in [3.8, 4) is 11.1 Å². The highest BCUT2D eigenvalue weighted by Gasteiger charge is 2.62. The van der Waals surface area contributed by atoms with Gasteiger partial charge in [0.15, 0.2) is 0 Å². The van der Waals surface area contributed by atoms with Gasteiger partial charge in [0.2, 0.25) is 11.8 Å². The minimum atomic E-state index is -1.54. The van der Waals surface area contributed by atoms with Crippen LogP contribution in [-0.2, 0) is 34.9 Å². The van der Waals surface area contributed by atoms with Crippen molar-refractivity contribution >= 4 is 46.6 Å². The van der Waals surface area contributed by atoms with E-state index in [2.05, 4.69) is 72.2 Å². The van der Waals surface area contributed by atoms with Gasteiger partial charge in [0, 0.05) is 12.5 Å². The average Bonchev–Trinajstić information content (AvgIpc) is 4.02. The number of rotatable bonds is 13. The van der Waals surface area contributed by atoms with Crippen molar-refractivity contribution in [3.05, 3.63) is 72.8 Å². The Kier molecular flexibility index (Phi) is 11.5. The van der Waals surface area contributed by atoms with Crippen LogP contribution >= 0.6 is 11.8 Å². The lowest BCUT2D eigenvalue weighted by Gasteiger charge is -2.37.